The van der Waals surface area contributed by atoms with Crippen molar-refractivity contribution in [2.45, 2.75) is 6.92 Å². The molecule has 58 valence electrons. The van der Waals surface area contributed by atoms with Crippen LogP contribution in [0.1, 0.15) is 6.92 Å². The molecule has 0 atom stereocenters. The average Bonchev–Trinajstić information content (AvgIpc) is 0.811. The summed E-state index contributed by atoms with van der Waals surface area (Å²) in [5, 5.41) is 8.89. The second kappa shape index (κ2) is 28.7. The molecular weight excluding hydrogens is 168 g/mol. The van der Waals surface area contributed by atoms with Crippen molar-refractivity contribution >= 4 is 5.97 Å². The molecule has 8 heavy (non-hydrogen) atoms. The van der Waals surface area contributed by atoms with Crippen LogP contribution in [0.3, 0.4) is 0 Å². The van der Waals surface area contributed by atoms with Gasteiger partial charge in [-0.25, -0.2) is 0 Å². The van der Waals surface area contributed by atoms with Gasteiger partial charge in [-0.2, -0.15) is 0 Å². The van der Waals surface area contributed by atoms with Crippen LogP contribution in [0.15, 0.2) is 0 Å². The first-order valence-corrected chi connectivity index (χ1v) is 0.908. The van der Waals surface area contributed by atoms with Gasteiger partial charge in [0.1, 0.15) is 0 Å². The third kappa shape index (κ3) is 8170. The fraction of sp³-hybridized carbons (Fsp3) is 0.500. The van der Waals surface area contributed by atoms with Crippen LogP contribution in [0.4, 0.5) is 0 Å². The van der Waals surface area contributed by atoms with Crippen molar-refractivity contribution in [1.29, 1.82) is 0 Å². The van der Waals surface area contributed by atoms with Crippen LogP contribution in [0, 0.1) is 0 Å². The zero-order valence-corrected chi connectivity index (χ0v) is 5.06. The Labute approximate surface area is 57.1 Å². The standard InChI is InChI=1S/C2H4O2.Cu.3H2O/c1-2(3)4;;;;/h1H3,(H,3,4);;3*1H2/q;+1;;;/p-1. The minimum Gasteiger partial charge on any atom is -0.550 e. The Kier molecular flexibility index (Phi) is 162. The maximum absolute atomic E-state index is 8.89. The molecule has 0 aliphatic carbocycles. The SMILES string of the molecule is CC(=O)[O-].O.O.O.[Cu+]. The molecule has 0 saturated carbocycles. The predicted molar refractivity (Wildman–Crippen MR) is 21.5 cm³/mol. The van der Waals surface area contributed by atoms with Crippen molar-refractivity contribution < 1.29 is 43.4 Å². The van der Waals surface area contributed by atoms with Gasteiger partial charge < -0.3 is 26.3 Å². The summed E-state index contributed by atoms with van der Waals surface area (Å²) in [5.74, 6) is -1.08. The molecule has 0 rings (SSSR count). The van der Waals surface area contributed by atoms with Gasteiger partial charge in [-0.1, -0.05) is 0 Å². The molecule has 0 fully saturated rings. The molecule has 0 aliphatic rings. The molecule has 0 aromatic rings. The predicted octanol–water partition coefficient (Wildman–Crippen LogP) is -3.72. The number of carbonyl (C=O) groups excluding carboxylic acids is 1. The van der Waals surface area contributed by atoms with Crippen LogP contribution in [0.2, 0.25) is 0 Å². The van der Waals surface area contributed by atoms with E-state index in [0.717, 1.165) is 6.92 Å². The summed E-state index contributed by atoms with van der Waals surface area (Å²) in [6.07, 6.45) is 0. The first kappa shape index (κ1) is 45.1. The molecule has 5 nitrogen and oxygen atoms in total. The van der Waals surface area contributed by atoms with E-state index in [9.17, 15) is 0 Å². The molecule has 0 aliphatic heterocycles. The molecule has 0 aromatic heterocycles. The second-order valence-corrected chi connectivity index (χ2v) is 0.492. The van der Waals surface area contributed by atoms with Crippen LogP contribution in [-0.4, -0.2) is 22.4 Å². The summed E-state index contributed by atoms with van der Waals surface area (Å²) in [4.78, 5) is 8.89. The molecular formula is C2H9CuO5. The van der Waals surface area contributed by atoms with E-state index in [2.05, 4.69) is 0 Å². The molecule has 0 bridgehead atoms. The van der Waals surface area contributed by atoms with Crippen LogP contribution in [0.5, 0.6) is 0 Å². The van der Waals surface area contributed by atoms with E-state index in [1.54, 1.807) is 0 Å². The largest absolute Gasteiger partial charge is 1.00 e. The van der Waals surface area contributed by atoms with E-state index < -0.39 is 5.97 Å². The maximum Gasteiger partial charge on any atom is 1.00 e. The summed E-state index contributed by atoms with van der Waals surface area (Å²) in [5.41, 5.74) is 0. The van der Waals surface area contributed by atoms with Crippen molar-refractivity contribution in [1.82, 2.24) is 0 Å². The van der Waals surface area contributed by atoms with Gasteiger partial charge in [0.05, 0.1) is 0 Å². The Bertz CT molecular complexity index is 33.4. The number of hydrogen-bond donors (Lipinski definition) is 0. The van der Waals surface area contributed by atoms with Crippen molar-refractivity contribution in [2.75, 3.05) is 0 Å². The Morgan fingerprint density at radius 1 is 1.25 bits per heavy atom. The van der Waals surface area contributed by atoms with Crippen molar-refractivity contribution in [3.63, 3.8) is 0 Å². The summed E-state index contributed by atoms with van der Waals surface area (Å²) in [6, 6.07) is 0. The molecule has 0 saturated heterocycles. The number of carboxylic acid groups (broad SMARTS) is 1. The normalized spacial score (nSPS) is 3.12. The summed E-state index contributed by atoms with van der Waals surface area (Å²) in [7, 11) is 0. The minimum atomic E-state index is -1.08. The third-order valence-electron chi connectivity index (χ3n) is 0. The van der Waals surface area contributed by atoms with Gasteiger partial charge in [0.25, 0.3) is 0 Å². The van der Waals surface area contributed by atoms with Gasteiger partial charge in [0, 0.05) is 5.97 Å². The number of aliphatic carboxylic acids is 1. The molecule has 0 radical (unpaired) electrons. The van der Waals surface area contributed by atoms with Gasteiger partial charge in [-0.3, -0.25) is 0 Å². The van der Waals surface area contributed by atoms with Crippen molar-refractivity contribution in [3.8, 4) is 0 Å². The molecule has 0 spiro atoms. The quantitative estimate of drug-likeness (QED) is 0.351. The summed E-state index contributed by atoms with van der Waals surface area (Å²) in [6.45, 7) is 0.972. The molecule has 0 heterocycles. The molecule has 6 N–H and O–H groups in total. The number of carbonyl (C=O) groups is 1. The maximum atomic E-state index is 8.89. The van der Waals surface area contributed by atoms with E-state index in [0.29, 0.717) is 0 Å². The second-order valence-electron chi connectivity index (χ2n) is 0.492. The zero-order chi connectivity index (χ0) is 3.58. The van der Waals surface area contributed by atoms with E-state index in [1.165, 1.54) is 0 Å². The van der Waals surface area contributed by atoms with Crippen LogP contribution >= 0.6 is 0 Å². The molecule has 0 aromatic carbocycles. The van der Waals surface area contributed by atoms with Crippen molar-refractivity contribution in [3.05, 3.63) is 0 Å². The zero-order valence-electron chi connectivity index (χ0n) is 4.12. The fourth-order valence-corrected chi connectivity index (χ4v) is 0. The topological polar surface area (TPSA) is 135 Å². The third-order valence-corrected chi connectivity index (χ3v) is 0. The van der Waals surface area contributed by atoms with E-state index in [-0.39, 0.29) is 33.5 Å². The van der Waals surface area contributed by atoms with Crippen LogP contribution in [-0.2, 0) is 21.9 Å². The summed E-state index contributed by atoms with van der Waals surface area (Å²) >= 11 is 0. The van der Waals surface area contributed by atoms with Gasteiger partial charge in [0.2, 0.25) is 0 Å². The van der Waals surface area contributed by atoms with E-state index >= 15 is 0 Å². The monoisotopic (exact) mass is 176 g/mol. The Morgan fingerprint density at radius 3 is 1.25 bits per heavy atom. The molecule has 0 unspecified atom stereocenters. The van der Waals surface area contributed by atoms with E-state index in [1.807, 2.05) is 0 Å². The van der Waals surface area contributed by atoms with E-state index in [4.69, 9.17) is 9.90 Å². The van der Waals surface area contributed by atoms with Gasteiger partial charge in [-0.05, 0) is 6.92 Å². The Morgan fingerprint density at radius 2 is 1.25 bits per heavy atom. The van der Waals surface area contributed by atoms with Crippen molar-refractivity contribution in [2.24, 2.45) is 0 Å². The first-order valence-electron chi connectivity index (χ1n) is 0.908. The van der Waals surface area contributed by atoms with Gasteiger partial charge in [0.15, 0.2) is 0 Å². The van der Waals surface area contributed by atoms with Gasteiger partial charge >= 0.3 is 17.1 Å². The van der Waals surface area contributed by atoms with Crippen LogP contribution in [0.25, 0.3) is 0 Å². The number of hydrogen-bond acceptors (Lipinski definition) is 2. The Balaban J connectivity index is -0.00000000750. The number of rotatable bonds is 0. The Hall–Kier alpha value is -0.131. The van der Waals surface area contributed by atoms with Gasteiger partial charge in [-0.15, -0.1) is 0 Å². The minimum absolute atomic E-state index is 0. The molecule has 6 heteroatoms. The van der Waals surface area contributed by atoms with Crippen LogP contribution < -0.4 is 5.11 Å². The first-order chi connectivity index (χ1) is 1.73. The fourth-order valence-electron chi connectivity index (χ4n) is 0. The average molecular weight is 177 g/mol. The smallest absolute Gasteiger partial charge is 0.550 e. The number of carboxylic acids is 1. The molecule has 0 amide bonds. The summed E-state index contributed by atoms with van der Waals surface area (Å²) < 4.78 is 0.